The van der Waals surface area contributed by atoms with E-state index < -0.39 is 9.84 Å². The summed E-state index contributed by atoms with van der Waals surface area (Å²) in [6, 6.07) is 0.0384. The molecule has 2 rings (SSSR count). The van der Waals surface area contributed by atoms with Gasteiger partial charge in [0, 0.05) is 12.1 Å². The van der Waals surface area contributed by atoms with Crippen LogP contribution in [0.3, 0.4) is 0 Å². The van der Waals surface area contributed by atoms with Crippen molar-refractivity contribution >= 4 is 15.7 Å². The maximum absolute atomic E-state index is 12.1. The van der Waals surface area contributed by atoms with Crippen LogP contribution in [0.25, 0.3) is 0 Å². The molecule has 2 heterocycles. The van der Waals surface area contributed by atoms with Crippen molar-refractivity contribution in [1.29, 1.82) is 0 Å². The molecule has 0 aromatic rings. The third kappa shape index (κ3) is 3.21. The van der Waals surface area contributed by atoms with Gasteiger partial charge < -0.3 is 15.4 Å². The summed E-state index contributed by atoms with van der Waals surface area (Å²) in [7, 11) is -1.06. The second kappa shape index (κ2) is 5.54. The lowest BCUT2D eigenvalue weighted by atomic mass is 10.0. The third-order valence-corrected chi connectivity index (χ3v) is 5.40. The van der Waals surface area contributed by atoms with Crippen molar-refractivity contribution in [2.24, 2.45) is 5.92 Å². The molecule has 2 atom stereocenters. The molecule has 0 aromatic carbocycles. The maximum Gasteiger partial charge on any atom is 0.227 e. The molecule has 0 radical (unpaired) electrons. The number of nitrogens with one attached hydrogen (secondary N) is 2. The Balaban J connectivity index is 1.85. The molecule has 18 heavy (non-hydrogen) atoms. The summed E-state index contributed by atoms with van der Waals surface area (Å²) < 4.78 is 27.9. The zero-order valence-corrected chi connectivity index (χ0v) is 11.3. The zero-order valence-electron chi connectivity index (χ0n) is 10.5. The Kier molecular flexibility index (Phi) is 4.24. The van der Waals surface area contributed by atoms with E-state index in [1.54, 1.807) is 0 Å². The first-order chi connectivity index (χ1) is 8.52. The molecule has 2 aliphatic rings. The molecule has 1 amide bonds. The second-order valence-corrected chi connectivity index (χ2v) is 7.28. The fourth-order valence-electron chi connectivity index (χ4n) is 2.44. The van der Waals surface area contributed by atoms with Gasteiger partial charge in [-0.15, -0.1) is 0 Å². The summed E-state index contributed by atoms with van der Waals surface area (Å²) in [6.07, 6.45) is 1.04. The van der Waals surface area contributed by atoms with Crippen LogP contribution in [0.15, 0.2) is 0 Å². The number of hydrogen-bond donors (Lipinski definition) is 2. The molecule has 2 unspecified atom stereocenters. The van der Waals surface area contributed by atoms with Gasteiger partial charge >= 0.3 is 0 Å². The van der Waals surface area contributed by atoms with Gasteiger partial charge in [0.1, 0.15) is 9.84 Å². The predicted molar refractivity (Wildman–Crippen MR) is 67.0 cm³/mol. The first-order valence-electron chi connectivity index (χ1n) is 6.27. The van der Waals surface area contributed by atoms with E-state index in [-0.39, 0.29) is 35.4 Å². The summed E-state index contributed by atoms with van der Waals surface area (Å²) >= 11 is 0. The molecule has 0 bridgehead atoms. The molecule has 2 N–H and O–H groups in total. The number of amides is 1. The molecule has 0 aromatic heterocycles. The standard InChI is InChI=1S/C11H20N2O4S/c1-12-10-7-17-6-9(10)11(14)13-8-2-4-18(15,16)5-3-8/h8-10,12H,2-7H2,1H3,(H,13,14). The van der Waals surface area contributed by atoms with Crippen LogP contribution in [-0.2, 0) is 19.4 Å². The van der Waals surface area contributed by atoms with Crippen molar-refractivity contribution in [2.75, 3.05) is 31.8 Å². The van der Waals surface area contributed by atoms with E-state index in [4.69, 9.17) is 4.74 Å². The summed E-state index contributed by atoms with van der Waals surface area (Å²) in [6.45, 7) is 0.982. The Hall–Kier alpha value is -0.660. The van der Waals surface area contributed by atoms with E-state index in [1.807, 2.05) is 7.05 Å². The van der Waals surface area contributed by atoms with Crippen LogP contribution >= 0.6 is 0 Å². The molecular formula is C11H20N2O4S. The minimum absolute atomic E-state index is 0.0147. The second-order valence-electron chi connectivity index (χ2n) is 4.97. The minimum atomic E-state index is -2.87. The van der Waals surface area contributed by atoms with Crippen LogP contribution in [0.2, 0.25) is 0 Å². The molecule has 7 heteroatoms. The van der Waals surface area contributed by atoms with E-state index in [1.165, 1.54) is 0 Å². The van der Waals surface area contributed by atoms with Crippen LogP contribution in [0.5, 0.6) is 0 Å². The van der Waals surface area contributed by atoms with Gasteiger partial charge in [0.05, 0.1) is 30.6 Å². The van der Waals surface area contributed by atoms with Gasteiger partial charge in [-0.05, 0) is 19.9 Å². The van der Waals surface area contributed by atoms with Gasteiger partial charge in [-0.1, -0.05) is 0 Å². The lowest BCUT2D eigenvalue weighted by Gasteiger charge is -2.25. The molecule has 6 nitrogen and oxygen atoms in total. The van der Waals surface area contributed by atoms with Crippen LogP contribution in [-0.4, -0.2) is 58.2 Å². The molecule has 0 aliphatic carbocycles. The number of likely N-dealkylation sites (N-methyl/N-ethyl adjacent to an activating group) is 1. The van der Waals surface area contributed by atoms with Crippen molar-refractivity contribution in [3.8, 4) is 0 Å². The molecule has 2 fully saturated rings. The predicted octanol–water partition coefficient (Wildman–Crippen LogP) is -1.09. The lowest BCUT2D eigenvalue weighted by Crippen LogP contribution is -2.48. The Morgan fingerprint density at radius 1 is 1.22 bits per heavy atom. The number of hydrogen-bond acceptors (Lipinski definition) is 5. The number of rotatable bonds is 3. The van der Waals surface area contributed by atoms with Crippen LogP contribution < -0.4 is 10.6 Å². The smallest absolute Gasteiger partial charge is 0.227 e. The van der Waals surface area contributed by atoms with Crippen molar-refractivity contribution in [3.63, 3.8) is 0 Å². The molecule has 0 spiro atoms. The quantitative estimate of drug-likeness (QED) is 0.684. The van der Waals surface area contributed by atoms with Gasteiger partial charge in [0.15, 0.2) is 0 Å². The number of carbonyl (C=O) groups is 1. The first-order valence-corrected chi connectivity index (χ1v) is 8.10. The fourth-order valence-corrected chi connectivity index (χ4v) is 3.93. The van der Waals surface area contributed by atoms with Gasteiger partial charge in [0.25, 0.3) is 0 Å². The largest absolute Gasteiger partial charge is 0.379 e. The lowest BCUT2D eigenvalue weighted by molar-refractivity contribution is -0.126. The Labute approximate surface area is 107 Å². The minimum Gasteiger partial charge on any atom is -0.379 e. The van der Waals surface area contributed by atoms with Crippen molar-refractivity contribution in [3.05, 3.63) is 0 Å². The number of ether oxygens (including phenoxy) is 1. The van der Waals surface area contributed by atoms with Crippen LogP contribution in [0.4, 0.5) is 0 Å². The summed E-state index contributed by atoms with van der Waals surface area (Å²) in [5.41, 5.74) is 0. The highest BCUT2D eigenvalue weighted by atomic mass is 32.2. The Bertz CT molecular complexity index is 395. The first kappa shape index (κ1) is 13.8. The Morgan fingerprint density at radius 3 is 2.50 bits per heavy atom. The van der Waals surface area contributed by atoms with E-state index in [9.17, 15) is 13.2 Å². The Morgan fingerprint density at radius 2 is 1.89 bits per heavy atom. The van der Waals surface area contributed by atoms with Crippen LogP contribution in [0.1, 0.15) is 12.8 Å². The van der Waals surface area contributed by atoms with Gasteiger partial charge in [0.2, 0.25) is 5.91 Å². The average Bonchev–Trinajstić information content (AvgIpc) is 2.80. The van der Waals surface area contributed by atoms with E-state index in [0.717, 1.165) is 0 Å². The highest BCUT2D eigenvalue weighted by molar-refractivity contribution is 7.91. The fraction of sp³-hybridized carbons (Fsp3) is 0.909. The molecule has 2 saturated heterocycles. The topological polar surface area (TPSA) is 84.5 Å². The summed E-state index contributed by atoms with van der Waals surface area (Å²) in [5, 5.41) is 6.00. The van der Waals surface area contributed by atoms with Crippen molar-refractivity contribution < 1.29 is 17.9 Å². The van der Waals surface area contributed by atoms with Crippen molar-refractivity contribution in [1.82, 2.24) is 10.6 Å². The normalized spacial score (nSPS) is 32.3. The zero-order chi connectivity index (χ0) is 13.2. The van der Waals surface area contributed by atoms with Gasteiger partial charge in [-0.2, -0.15) is 0 Å². The highest BCUT2D eigenvalue weighted by Crippen LogP contribution is 2.16. The van der Waals surface area contributed by atoms with E-state index in [2.05, 4.69) is 10.6 Å². The molecule has 2 aliphatic heterocycles. The molecule has 0 saturated carbocycles. The summed E-state index contributed by atoms with van der Waals surface area (Å²) in [5.74, 6) is 0.146. The monoisotopic (exact) mass is 276 g/mol. The highest BCUT2D eigenvalue weighted by Gasteiger charge is 2.34. The van der Waals surface area contributed by atoms with E-state index in [0.29, 0.717) is 26.1 Å². The maximum atomic E-state index is 12.1. The molecule has 104 valence electrons. The SMILES string of the molecule is CNC1COCC1C(=O)NC1CCS(=O)(=O)CC1. The van der Waals surface area contributed by atoms with Crippen LogP contribution in [0, 0.1) is 5.92 Å². The number of carbonyl (C=O) groups excluding carboxylic acids is 1. The molecular weight excluding hydrogens is 256 g/mol. The van der Waals surface area contributed by atoms with Gasteiger partial charge in [-0.25, -0.2) is 8.42 Å². The third-order valence-electron chi connectivity index (χ3n) is 3.69. The van der Waals surface area contributed by atoms with Crippen molar-refractivity contribution in [2.45, 2.75) is 24.9 Å². The summed E-state index contributed by atoms with van der Waals surface area (Å²) in [4.78, 5) is 12.1. The van der Waals surface area contributed by atoms with Gasteiger partial charge in [-0.3, -0.25) is 4.79 Å². The van der Waals surface area contributed by atoms with E-state index >= 15 is 0 Å². The number of sulfone groups is 1. The average molecular weight is 276 g/mol.